The van der Waals surface area contributed by atoms with Gasteiger partial charge in [-0.1, -0.05) is 30.3 Å². The number of hydrogen-bond donors (Lipinski definition) is 2. The quantitative estimate of drug-likeness (QED) is 0.775. The Morgan fingerprint density at radius 3 is 2.77 bits per heavy atom. The van der Waals surface area contributed by atoms with Crippen LogP contribution in [0.3, 0.4) is 0 Å². The molecule has 1 atom stereocenters. The van der Waals surface area contributed by atoms with Crippen molar-refractivity contribution in [2.45, 2.75) is 13.0 Å². The fourth-order valence-corrected chi connectivity index (χ4v) is 2.24. The highest BCUT2D eigenvalue weighted by molar-refractivity contribution is 5.93. The summed E-state index contributed by atoms with van der Waals surface area (Å²) in [6.45, 7) is 1.95. The monoisotopic (exact) mass is 295 g/mol. The first-order chi connectivity index (χ1) is 10.6. The SMILES string of the molecule is CC(NC(=O)c1cc(-c2cnn(C)c2)n[nH]1)c1ccccc1. The minimum Gasteiger partial charge on any atom is -0.344 e. The zero-order valence-electron chi connectivity index (χ0n) is 12.4. The van der Waals surface area contributed by atoms with E-state index in [-0.39, 0.29) is 11.9 Å². The lowest BCUT2D eigenvalue weighted by atomic mass is 10.1. The number of carbonyl (C=O) groups excluding carboxylic acids is 1. The van der Waals surface area contributed by atoms with Crippen molar-refractivity contribution in [3.63, 3.8) is 0 Å². The van der Waals surface area contributed by atoms with Gasteiger partial charge in [0, 0.05) is 18.8 Å². The van der Waals surface area contributed by atoms with E-state index in [1.165, 1.54) is 0 Å². The molecule has 6 nitrogen and oxygen atoms in total. The van der Waals surface area contributed by atoms with Gasteiger partial charge in [-0.3, -0.25) is 14.6 Å². The molecule has 0 bridgehead atoms. The molecule has 1 aromatic carbocycles. The summed E-state index contributed by atoms with van der Waals surface area (Å²) in [5, 5.41) is 14.0. The molecule has 0 aliphatic carbocycles. The average molecular weight is 295 g/mol. The van der Waals surface area contributed by atoms with Crippen LogP contribution in [-0.4, -0.2) is 25.9 Å². The largest absolute Gasteiger partial charge is 0.344 e. The fraction of sp³-hybridized carbons (Fsp3) is 0.188. The maximum atomic E-state index is 12.3. The number of aromatic amines is 1. The number of hydrogen-bond acceptors (Lipinski definition) is 3. The van der Waals surface area contributed by atoms with Crippen LogP contribution in [0.2, 0.25) is 0 Å². The summed E-state index contributed by atoms with van der Waals surface area (Å²) in [4.78, 5) is 12.3. The molecular weight excluding hydrogens is 278 g/mol. The third kappa shape index (κ3) is 2.90. The molecule has 2 N–H and O–H groups in total. The van der Waals surface area contributed by atoms with Gasteiger partial charge in [0.1, 0.15) is 5.69 Å². The van der Waals surface area contributed by atoms with Crippen LogP contribution in [0.15, 0.2) is 48.8 Å². The van der Waals surface area contributed by atoms with Gasteiger partial charge in [-0.25, -0.2) is 0 Å². The van der Waals surface area contributed by atoms with Gasteiger partial charge < -0.3 is 5.32 Å². The third-order valence-corrected chi connectivity index (χ3v) is 3.47. The predicted molar refractivity (Wildman–Crippen MR) is 83.1 cm³/mol. The van der Waals surface area contributed by atoms with Crippen molar-refractivity contribution in [1.29, 1.82) is 0 Å². The summed E-state index contributed by atoms with van der Waals surface area (Å²) in [5.74, 6) is -0.181. The lowest BCUT2D eigenvalue weighted by Crippen LogP contribution is -2.26. The van der Waals surface area contributed by atoms with Gasteiger partial charge in [0.2, 0.25) is 0 Å². The first kappa shape index (κ1) is 14.1. The molecule has 22 heavy (non-hydrogen) atoms. The zero-order valence-corrected chi connectivity index (χ0v) is 12.4. The molecule has 3 aromatic rings. The Bertz CT molecular complexity index is 775. The van der Waals surface area contributed by atoms with Crippen molar-refractivity contribution >= 4 is 5.91 Å². The van der Waals surface area contributed by atoms with Crippen molar-refractivity contribution in [3.8, 4) is 11.3 Å². The van der Waals surface area contributed by atoms with Crippen LogP contribution in [0.5, 0.6) is 0 Å². The molecule has 0 saturated carbocycles. The van der Waals surface area contributed by atoms with E-state index in [1.54, 1.807) is 16.9 Å². The highest BCUT2D eigenvalue weighted by Gasteiger charge is 2.14. The molecule has 0 fully saturated rings. The molecular formula is C16H17N5O. The lowest BCUT2D eigenvalue weighted by Gasteiger charge is -2.13. The van der Waals surface area contributed by atoms with Crippen LogP contribution in [0.1, 0.15) is 29.0 Å². The van der Waals surface area contributed by atoms with Gasteiger partial charge in [-0.05, 0) is 18.6 Å². The number of aryl methyl sites for hydroxylation is 1. The fourth-order valence-electron chi connectivity index (χ4n) is 2.24. The minimum absolute atomic E-state index is 0.0705. The molecule has 0 spiro atoms. The molecule has 2 aromatic heterocycles. The van der Waals surface area contributed by atoms with E-state index >= 15 is 0 Å². The Morgan fingerprint density at radius 1 is 1.32 bits per heavy atom. The second-order valence-corrected chi connectivity index (χ2v) is 5.18. The van der Waals surface area contributed by atoms with Crippen molar-refractivity contribution in [3.05, 3.63) is 60.0 Å². The topological polar surface area (TPSA) is 75.6 Å². The summed E-state index contributed by atoms with van der Waals surface area (Å²) in [7, 11) is 1.84. The van der Waals surface area contributed by atoms with Crippen LogP contribution >= 0.6 is 0 Å². The van der Waals surface area contributed by atoms with Crippen molar-refractivity contribution in [2.75, 3.05) is 0 Å². The third-order valence-electron chi connectivity index (χ3n) is 3.47. The van der Waals surface area contributed by atoms with E-state index in [0.29, 0.717) is 11.4 Å². The van der Waals surface area contributed by atoms with E-state index in [1.807, 2.05) is 50.5 Å². The molecule has 0 saturated heterocycles. The summed E-state index contributed by atoms with van der Waals surface area (Å²) >= 11 is 0. The van der Waals surface area contributed by atoms with Gasteiger partial charge in [-0.2, -0.15) is 10.2 Å². The average Bonchev–Trinajstić information content (AvgIpc) is 3.16. The molecule has 1 unspecified atom stereocenters. The van der Waals surface area contributed by atoms with Crippen LogP contribution in [0.25, 0.3) is 11.3 Å². The smallest absolute Gasteiger partial charge is 0.269 e. The van der Waals surface area contributed by atoms with E-state index in [4.69, 9.17) is 0 Å². The summed E-state index contributed by atoms with van der Waals surface area (Å²) < 4.78 is 1.70. The molecule has 0 radical (unpaired) electrons. The standard InChI is InChI=1S/C16H17N5O/c1-11(12-6-4-3-5-7-12)18-16(22)15-8-14(19-20-15)13-9-17-21(2)10-13/h3-11H,1-2H3,(H,18,22)(H,19,20). The maximum Gasteiger partial charge on any atom is 0.269 e. The molecule has 112 valence electrons. The number of benzene rings is 1. The number of rotatable bonds is 4. The number of nitrogens with zero attached hydrogens (tertiary/aromatic N) is 3. The summed E-state index contributed by atoms with van der Waals surface area (Å²) in [6.07, 6.45) is 3.56. The number of nitrogens with one attached hydrogen (secondary N) is 2. The summed E-state index contributed by atoms with van der Waals surface area (Å²) in [5.41, 5.74) is 3.06. The zero-order chi connectivity index (χ0) is 15.5. The van der Waals surface area contributed by atoms with Crippen molar-refractivity contribution in [1.82, 2.24) is 25.3 Å². The van der Waals surface area contributed by atoms with Gasteiger partial charge >= 0.3 is 0 Å². The second kappa shape index (κ2) is 5.85. The predicted octanol–water partition coefficient (Wildman–Crippen LogP) is 2.30. The Labute approximate surface area is 128 Å². The lowest BCUT2D eigenvalue weighted by molar-refractivity contribution is 0.0935. The summed E-state index contributed by atoms with van der Waals surface area (Å²) in [6, 6.07) is 11.5. The molecule has 0 aliphatic heterocycles. The second-order valence-electron chi connectivity index (χ2n) is 5.18. The van der Waals surface area contributed by atoms with E-state index in [9.17, 15) is 4.79 Å². The number of amides is 1. The molecule has 2 heterocycles. The Morgan fingerprint density at radius 2 is 2.09 bits per heavy atom. The van der Waals surface area contributed by atoms with Crippen LogP contribution in [0, 0.1) is 0 Å². The van der Waals surface area contributed by atoms with Gasteiger partial charge in [0.25, 0.3) is 5.91 Å². The minimum atomic E-state index is -0.181. The maximum absolute atomic E-state index is 12.3. The van der Waals surface area contributed by atoms with E-state index < -0.39 is 0 Å². The van der Waals surface area contributed by atoms with E-state index in [0.717, 1.165) is 11.1 Å². The van der Waals surface area contributed by atoms with Gasteiger partial charge in [0.15, 0.2) is 0 Å². The number of H-pyrrole nitrogens is 1. The number of carbonyl (C=O) groups is 1. The highest BCUT2D eigenvalue weighted by atomic mass is 16.2. The Balaban J connectivity index is 1.72. The van der Waals surface area contributed by atoms with Crippen molar-refractivity contribution < 1.29 is 4.79 Å². The normalized spacial score (nSPS) is 12.1. The molecule has 0 aliphatic rings. The van der Waals surface area contributed by atoms with Crippen LogP contribution in [0.4, 0.5) is 0 Å². The van der Waals surface area contributed by atoms with Crippen LogP contribution < -0.4 is 5.32 Å². The Kier molecular flexibility index (Phi) is 3.74. The van der Waals surface area contributed by atoms with Crippen molar-refractivity contribution in [2.24, 2.45) is 7.05 Å². The van der Waals surface area contributed by atoms with E-state index in [2.05, 4.69) is 20.6 Å². The highest BCUT2D eigenvalue weighted by Crippen LogP contribution is 2.17. The number of aromatic nitrogens is 4. The van der Waals surface area contributed by atoms with Gasteiger partial charge in [-0.15, -0.1) is 0 Å². The molecule has 6 heteroatoms. The van der Waals surface area contributed by atoms with Crippen LogP contribution in [-0.2, 0) is 7.05 Å². The Hall–Kier alpha value is -2.89. The first-order valence-corrected chi connectivity index (χ1v) is 7.04. The molecule has 3 rings (SSSR count). The van der Waals surface area contributed by atoms with Gasteiger partial charge in [0.05, 0.1) is 17.9 Å². The first-order valence-electron chi connectivity index (χ1n) is 7.04. The molecule has 1 amide bonds.